The lowest BCUT2D eigenvalue weighted by Gasteiger charge is -2.17. The molecule has 2 aliphatic rings. The molecule has 13 heteroatoms. The van der Waals surface area contributed by atoms with E-state index in [1.54, 1.807) is 13.8 Å². The van der Waals surface area contributed by atoms with E-state index in [4.69, 9.17) is 0 Å². The number of carbonyl (C=O) groups excluding carboxylic acids is 1. The molecule has 2 aromatic heterocycles. The van der Waals surface area contributed by atoms with Gasteiger partial charge in [0.15, 0.2) is 17.0 Å². The first-order valence-electron chi connectivity index (χ1n) is 12.6. The minimum atomic E-state index is -3.79. The lowest BCUT2D eigenvalue weighted by Crippen LogP contribution is -2.38. The minimum absolute atomic E-state index is 0.0355. The first-order chi connectivity index (χ1) is 17.7. The molecule has 37 heavy (non-hydrogen) atoms. The van der Waals surface area contributed by atoms with Crippen LogP contribution >= 0.6 is 0 Å². The van der Waals surface area contributed by atoms with Crippen LogP contribution in [0.25, 0.3) is 11.2 Å². The summed E-state index contributed by atoms with van der Waals surface area (Å²) in [5, 5.41) is 35.4. The van der Waals surface area contributed by atoms with Crippen LogP contribution in [0.15, 0.2) is 35.5 Å². The highest BCUT2D eigenvalue weighted by molar-refractivity contribution is 7.91. The van der Waals surface area contributed by atoms with Crippen LogP contribution in [0.4, 0.5) is 5.82 Å². The second-order valence-electron chi connectivity index (χ2n) is 9.67. The van der Waals surface area contributed by atoms with Gasteiger partial charge >= 0.3 is 0 Å². The topological polar surface area (TPSA) is 172 Å². The van der Waals surface area contributed by atoms with E-state index < -0.39 is 34.0 Å². The molecule has 2 heterocycles. The Kier molecular flexibility index (Phi) is 6.86. The highest BCUT2D eigenvalue weighted by Crippen LogP contribution is 2.43. The van der Waals surface area contributed by atoms with E-state index in [2.05, 4.69) is 30.9 Å². The molecule has 6 atom stereocenters. The Labute approximate surface area is 214 Å². The molecule has 5 rings (SSSR count). The molecule has 12 nitrogen and oxygen atoms in total. The van der Waals surface area contributed by atoms with Crippen molar-refractivity contribution in [3.05, 3.63) is 35.9 Å². The molecule has 198 valence electrons. The van der Waals surface area contributed by atoms with Crippen molar-refractivity contribution in [2.75, 3.05) is 17.6 Å². The number of anilines is 1. The van der Waals surface area contributed by atoms with Crippen molar-refractivity contribution in [1.82, 2.24) is 30.3 Å². The van der Waals surface area contributed by atoms with E-state index in [-0.39, 0.29) is 52.2 Å². The maximum atomic E-state index is 13.0. The number of nitrogens with zero attached hydrogens (tertiary/aromatic N) is 5. The average Bonchev–Trinajstić information content (AvgIpc) is 3.41. The van der Waals surface area contributed by atoms with Gasteiger partial charge in [0.2, 0.25) is 15.7 Å². The molecular formula is C24H31N7O5S. The highest BCUT2D eigenvalue weighted by atomic mass is 32.2. The van der Waals surface area contributed by atoms with Crippen molar-refractivity contribution in [2.45, 2.75) is 68.5 Å². The molecule has 6 unspecified atom stereocenters. The van der Waals surface area contributed by atoms with Crippen LogP contribution in [0, 0.1) is 5.92 Å². The van der Waals surface area contributed by atoms with Crippen molar-refractivity contribution in [1.29, 1.82) is 0 Å². The molecule has 0 spiro atoms. The molecule has 3 aromatic rings. The van der Waals surface area contributed by atoms with Crippen LogP contribution in [0.1, 0.15) is 50.6 Å². The summed E-state index contributed by atoms with van der Waals surface area (Å²) < 4.78 is 27.2. The van der Waals surface area contributed by atoms with E-state index in [0.29, 0.717) is 13.0 Å². The monoisotopic (exact) mass is 529 g/mol. The van der Waals surface area contributed by atoms with Gasteiger partial charge in [-0.25, -0.2) is 13.1 Å². The van der Waals surface area contributed by atoms with Crippen molar-refractivity contribution >= 4 is 32.7 Å². The molecule has 2 saturated carbocycles. The molecule has 0 saturated heterocycles. The summed E-state index contributed by atoms with van der Waals surface area (Å²) in [6.45, 7) is 3.92. The van der Waals surface area contributed by atoms with E-state index in [1.807, 2.05) is 30.3 Å². The molecule has 1 aromatic carbocycles. The van der Waals surface area contributed by atoms with Crippen molar-refractivity contribution in [3.8, 4) is 0 Å². The summed E-state index contributed by atoms with van der Waals surface area (Å²) >= 11 is 0. The summed E-state index contributed by atoms with van der Waals surface area (Å²) in [6, 6.07) is 9.22. The van der Waals surface area contributed by atoms with Gasteiger partial charge < -0.3 is 20.8 Å². The molecule has 0 bridgehead atoms. The summed E-state index contributed by atoms with van der Waals surface area (Å²) in [5.41, 5.74) is 1.56. The lowest BCUT2D eigenvalue weighted by atomic mass is 10.0. The van der Waals surface area contributed by atoms with Gasteiger partial charge in [-0.1, -0.05) is 42.5 Å². The third kappa shape index (κ3) is 4.78. The second-order valence-corrected chi connectivity index (χ2v) is 11.7. The smallest absolute Gasteiger partial charge is 0.251 e. The second kappa shape index (κ2) is 9.95. The Balaban J connectivity index is 1.52. The lowest BCUT2D eigenvalue weighted by molar-refractivity contribution is -0.128. The van der Waals surface area contributed by atoms with Gasteiger partial charge in [0, 0.05) is 18.5 Å². The van der Waals surface area contributed by atoms with E-state index in [0.717, 1.165) is 6.42 Å². The number of aliphatic hydroxyl groups excluding tert-OH is 2. The predicted molar refractivity (Wildman–Crippen MR) is 135 cm³/mol. The first kappa shape index (κ1) is 25.5. The Morgan fingerprint density at radius 2 is 1.86 bits per heavy atom. The Hall–Kier alpha value is -3.16. The zero-order chi connectivity index (χ0) is 26.3. The standard InChI is InChI=1S/C24H31N7O5S/c1-3-10-37(35,36)24-27-21(26-16-11-14(16)13-8-6-5-7-9-13)18-22(28-24)31(30-29-18)17-12-15(19(32)20(17)33)23(34)25-4-2/h5-9,14-17,19-20,32-33H,3-4,10-12H2,1-2H3,(H,25,34)(H,26,27,28). The van der Waals surface area contributed by atoms with Crippen LogP contribution in [0.2, 0.25) is 0 Å². The number of sulfone groups is 1. The number of fused-ring (bicyclic) bond motifs is 1. The fourth-order valence-electron chi connectivity index (χ4n) is 5.05. The van der Waals surface area contributed by atoms with E-state index in [1.165, 1.54) is 10.2 Å². The molecule has 0 aliphatic heterocycles. The van der Waals surface area contributed by atoms with Gasteiger partial charge in [-0.2, -0.15) is 9.97 Å². The molecule has 2 aliphatic carbocycles. The molecule has 1 amide bonds. The SMILES string of the molecule is CCCS(=O)(=O)c1nc(NC2CC2c2ccccc2)c2nnn(C3CC(C(=O)NCC)C(O)C3O)c2n1. The van der Waals surface area contributed by atoms with Crippen LogP contribution < -0.4 is 10.6 Å². The number of carbonyl (C=O) groups is 1. The number of nitrogens with one attached hydrogen (secondary N) is 2. The summed E-state index contributed by atoms with van der Waals surface area (Å²) in [6.07, 6.45) is -1.29. The van der Waals surface area contributed by atoms with Crippen molar-refractivity contribution in [2.24, 2.45) is 5.92 Å². The van der Waals surface area contributed by atoms with Crippen LogP contribution in [-0.2, 0) is 14.6 Å². The third-order valence-corrected chi connectivity index (χ3v) is 8.73. The fraction of sp³-hybridized carbons (Fsp3) is 0.542. The fourth-order valence-corrected chi connectivity index (χ4v) is 6.22. The normalized spacial score (nSPS) is 27.4. The van der Waals surface area contributed by atoms with Gasteiger partial charge in [-0.3, -0.25) is 4.79 Å². The maximum absolute atomic E-state index is 13.0. The summed E-state index contributed by atoms with van der Waals surface area (Å²) in [5.74, 6) is -0.839. The van der Waals surface area contributed by atoms with Gasteiger partial charge in [0.1, 0.15) is 6.10 Å². The minimum Gasteiger partial charge on any atom is -0.390 e. The number of benzene rings is 1. The van der Waals surface area contributed by atoms with Crippen LogP contribution in [0.5, 0.6) is 0 Å². The first-order valence-corrected chi connectivity index (χ1v) is 14.2. The third-order valence-electron chi connectivity index (χ3n) is 7.05. The number of aromatic nitrogens is 5. The zero-order valence-corrected chi connectivity index (χ0v) is 21.5. The van der Waals surface area contributed by atoms with Gasteiger partial charge in [0.05, 0.1) is 23.8 Å². The van der Waals surface area contributed by atoms with Crippen LogP contribution in [-0.4, -0.2) is 80.0 Å². The summed E-state index contributed by atoms with van der Waals surface area (Å²) in [4.78, 5) is 21.1. The highest BCUT2D eigenvalue weighted by Gasteiger charge is 2.47. The van der Waals surface area contributed by atoms with Crippen molar-refractivity contribution < 1.29 is 23.4 Å². The van der Waals surface area contributed by atoms with Gasteiger partial charge in [0.25, 0.3) is 5.16 Å². The number of hydrogen-bond acceptors (Lipinski definition) is 10. The summed E-state index contributed by atoms with van der Waals surface area (Å²) in [7, 11) is -3.79. The van der Waals surface area contributed by atoms with Crippen molar-refractivity contribution in [3.63, 3.8) is 0 Å². The predicted octanol–water partition coefficient (Wildman–Crippen LogP) is 0.792. The molecule has 0 radical (unpaired) electrons. The Morgan fingerprint density at radius 1 is 1.11 bits per heavy atom. The zero-order valence-electron chi connectivity index (χ0n) is 20.6. The quantitative estimate of drug-likeness (QED) is 0.290. The number of hydrogen-bond donors (Lipinski definition) is 4. The average molecular weight is 530 g/mol. The molecule has 4 N–H and O–H groups in total. The number of amides is 1. The van der Waals surface area contributed by atoms with E-state index >= 15 is 0 Å². The Bertz CT molecular complexity index is 1400. The largest absolute Gasteiger partial charge is 0.390 e. The van der Waals surface area contributed by atoms with Crippen LogP contribution in [0.3, 0.4) is 0 Å². The van der Waals surface area contributed by atoms with Gasteiger partial charge in [-0.15, -0.1) is 5.10 Å². The maximum Gasteiger partial charge on any atom is 0.251 e. The number of rotatable bonds is 9. The van der Waals surface area contributed by atoms with Gasteiger partial charge in [-0.05, 0) is 31.7 Å². The molecule has 2 fully saturated rings. The molecular weight excluding hydrogens is 498 g/mol. The number of aliphatic hydroxyl groups is 2. The Morgan fingerprint density at radius 3 is 2.57 bits per heavy atom. The van der Waals surface area contributed by atoms with E-state index in [9.17, 15) is 23.4 Å².